The SMILES string of the molecule is CN1C(N(c2nccs2)[N+](=O)[O-])=NCC1(C)C. The van der Waals surface area contributed by atoms with E-state index < -0.39 is 5.03 Å². The van der Waals surface area contributed by atoms with Gasteiger partial charge in [0.05, 0.1) is 12.1 Å². The molecule has 2 heterocycles. The topological polar surface area (TPSA) is 74.9 Å². The van der Waals surface area contributed by atoms with Crippen LogP contribution in [0.5, 0.6) is 0 Å². The maximum Gasteiger partial charge on any atom is 0.269 e. The summed E-state index contributed by atoms with van der Waals surface area (Å²) in [5.74, 6) is 0.329. The highest BCUT2D eigenvalue weighted by Crippen LogP contribution is 2.26. The average molecular weight is 255 g/mol. The van der Waals surface area contributed by atoms with E-state index in [0.29, 0.717) is 17.6 Å². The highest BCUT2D eigenvalue weighted by Gasteiger charge is 2.40. The van der Waals surface area contributed by atoms with E-state index in [1.165, 1.54) is 17.5 Å². The third kappa shape index (κ3) is 1.95. The van der Waals surface area contributed by atoms with Crippen LogP contribution in [0, 0.1) is 10.1 Å². The molecule has 0 amide bonds. The number of aromatic nitrogens is 1. The van der Waals surface area contributed by atoms with E-state index in [0.717, 1.165) is 5.01 Å². The van der Waals surface area contributed by atoms with Gasteiger partial charge in [-0.2, -0.15) is 0 Å². The Hall–Kier alpha value is -1.70. The highest BCUT2D eigenvalue weighted by molar-refractivity contribution is 7.13. The molecule has 1 aromatic heterocycles. The first-order valence-electron chi connectivity index (χ1n) is 5.06. The van der Waals surface area contributed by atoms with Crippen molar-refractivity contribution in [2.24, 2.45) is 4.99 Å². The van der Waals surface area contributed by atoms with Crippen LogP contribution in [0.4, 0.5) is 5.13 Å². The second-order valence-electron chi connectivity index (χ2n) is 4.35. The number of anilines is 1. The average Bonchev–Trinajstić information content (AvgIpc) is 2.82. The molecule has 1 aliphatic heterocycles. The number of rotatable bonds is 2. The molecule has 17 heavy (non-hydrogen) atoms. The summed E-state index contributed by atoms with van der Waals surface area (Å²) in [5.41, 5.74) is -0.207. The van der Waals surface area contributed by atoms with Gasteiger partial charge in [0.2, 0.25) is 0 Å². The number of nitro groups is 1. The maximum atomic E-state index is 11.1. The Bertz CT molecular complexity index is 456. The van der Waals surface area contributed by atoms with Gasteiger partial charge >= 0.3 is 0 Å². The van der Waals surface area contributed by atoms with Crippen LogP contribution >= 0.6 is 11.3 Å². The molecule has 0 saturated carbocycles. The van der Waals surface area contributed by atoms with Gasteiger partial charge in [-0.15, -0.1) is 0 Å². The Labute approximate surface area is 103 Å². The van der Waals surface area contributed by atoms with Crippen LogP contribution in [-0.2, 0) is 0 Å². The summed E-state index contributed by atoms with van der Waals surface area (Å²) >= 11 is 1.21. The van der Waals surface area contributed by atoms with Crippen LogP contribution in [-0.4, -0.2) is 40.0 Å². The zero-order valence-electron chi connectivity index (χ0n) is 9.82. The first kappa shape index (κ1) is 11.8. The Morgan fingerprint density at radius 3 is 2.76 bits per heavy atom. The Kier molecular flexibility index (Phi) is 2.74. The number of hydrogen-bond acceptors (Lipinski definition) is 6. The fraction of sp³-hybridized carbons (Fsp3) is 0.556. The summed E-state index contributed by atoms with van der Waals surface area (Å²) in [6, 6.07) is 0. The molecular formula is C9H13N5O2S. The molecule has 8 heteroatoms. The number of thiazole rings is 1. The van der Waals surface area contributed by atoms with E-state index in [-0.39, 0.29) is 5.54 Å². The van der Waals surface area contributed by atoms with Gasteiger partial charge in [0.1, 0.15) is 0 Å². The number of likely N-dealkylation sites (N-methyl/N-ethyl adjacent to an activating group) is 1. The van der Waals surface area contributed by atoms with Crippen LogP contribution < -0.4 is 5.01 Å². The van der Waals surface area contributed by atoms with Gasteiger partial charge in [-0.25, -0.2) is 20.1 Å². The molecule has 0 aliphatic carbocycles. The fourth-order valence-corrected chi connectivity index (χ4v) is 2.12. The molecule has 0 bridgehead atoms. The number of nitrogens with zero attached hydrogens (tertiary/aromatic N) is 5. The quantitative estimate of drug-likeness (QED) is 0.586. The smallest absolute Gasteiger partial charge is 0.269 e. The molecule has 1 aliphatic rings. The molecular weight excluding hydrogens is 242 g/mol. The molecule has 0 radical (unpaired) electrons. The van der Waals surface area contributed by atoms with Crippen molar-refractivity contribution in [3.63, 3.8) is 0 Å². The van der Waals surface area contributed by atoms with Gasteiger partial charge in [0, 0.05) is 23.6 Å². The molecule has 0 unspecified atom stereocenters. The second-order valence-corrected chi connectivity index (χ2v) is 5.23. The summed E-state index contributed by atoms with van der Waals surface area (Å²) in [7, 11) is 1.80. The molecule has 0 fully saturated rings. The van der Waals surface area contributed by atoms with Gasteiger partial charge in [0.15, 0.2) is 5.03 Å². The largest absolute Gasteiger partial charge is 0.334 e. The molecule has 0 atom stereocenters. The normalized spacial score (nSPS) is 18.1. The van der Waals surface area contributed by atoms with Gasteiger partial charge < -0.3 is 4.90 Å². The first-order chi connectivity index (χ1) is 7.93. The van der Waals surface area contributed by atoms with Gasteiger partial charge in [0.25, 0.3) is 11.1 Å². The second kappa shape index (κ2) is 3.95. The zero-order chi connectivity index (χ0) is 12.6. The van der Waals surface area contributed by atoms with Crippen molar-refractivity contribution in [3.8, 4) is 0 Å². The Morgan fingerprint density at radius 1 is 1.65 bits per heavy atom. The lowest BCUT2D eigenvalue weighted by Crippen LogP contribution is -2.50. The van der Waals surface area contributed by atoms with Crippen molar-refractivity contribution < 1.29 is 5.03 Å². The Morgan fingerprint density at radius 2 is 2.35 bits per heavy atom. The molecule has 0 N–H and O–H groups in total. The zero-order valence-corrected chi connectivity index (χ0v) is 10.6. The number of hydrogen-bond donors (Lipinski definition) is 0. The number of aliphatic imine (C=N–C) groups is 1. The van der Waals surface area contributed by atoms with Gasteiger partial charge in [-0.3, -0.25) is 0 Å². The third-order valence-corrected chi connectivity index (χ3v) is 3.52. The molecule has 0 aromatic carbocycles. The maximum absolute atomic E-state index is 11.1. The van der Waals surface area contributed by atoms with Crippen molar-refractivity contribution in [2.75, 3.05) is 18.6 Å². The van der Waals surface area contributed by atoms with Gasteiger partial charge in [-0.1, -0.05) is 11.3 Å². The van der Waals surface area contributed by atoms with Crippen molar-refractivity contribution in [2.45, 2.75) is 19.4 Å². The lowest BCUT2D eigenvalue weighted by molar-refractivity contribution is -0.480. The van der Waals surface area contributed by atoms with Crippen molar-refractivity contribution in [3.05, 3.63) is 21.7 Å². The first-order valence-corrected chi connectivity index (χ1v) is 5.93. The summed E-state index contributed by atoms with van der Waals surface area (Å²) in [4.78, 5) is 21.1. The summed E-state index contributed by atoms with van der Waals surface area (Å²) < 4.78 is 0. The van der Waals surface area contributed by atoms with Crippen LogP contribution in [0.15, 0.2) is 16.6 Å². The molecule has 92 valence electrons. The molecule has 2 rings (SSSR count). The lowest BCUT2D eigenvalue weighted by atomic mass is 10.1. The lowest BCUT2D eigenvalue weighted by Gasteiger charge is -2.30. The van der Waals surface area contributed by atoms with E-state index in [2.05, 4.69) is 9.98 Å². The monoisotopic (exact) mass is 255 g/mol. The summed E-state index contributed by atoms with van der Waals surface area (Å²) in [6.07, 6.45) is 1.54. The van der Waals surface area contributed by atoms with Crippen LogP contribution in [0.2, 0.25) is 0 Å². The van der Waals surface area contributed by atoms with E-state index in [1.54, 1.807) is 17.3 Å². The van der Waals surface area contributed by atoms with E-state index in [1.807, 2.05) is 13.8 Å². The predicted molar refractivity (Wildman–Crippen MR) is 65.7 cm³/mol. The van der Waals surface area contributed by atoms with E-state index >= 15 is 0 Å². The van der Waals surface area contributed by atoms with Crippen LogP contribution in [0.25, 0.3) is 0 Å². The molecule has 1 aromatic rings. The van der Waals surface area contributed by atoms with Crippen molar-refractivity contribution >= 4 is 22.4 Å². The highest BCUT2D eigenvalue weighted by atomic mass is 32.1. The van der Waals surface area contributed by atoms with Crippen molar-refractivity contribution in [1.82, 2.24) is 9.88 Å². The van der Waals surface area contributed by atoms with Crippen molar-refractivity contribution in [1.29, 1.82) is 0 Å². The van der Waals surface area contributed by atoms with E-state index in [9.17, 15) is 10.1 Å². The predicted octanol–water partition coefficient (Wildman–Crippen LogP) is 1.22. The van der Waals surface area contributed by atoms with Gasteiger partial charge in [-0.05, 0) is 13.8 Å². The van der Waals surface area contributed by atoms with Crippen LogP contribution in [0.1, 0.15) is 13.8 Å². The number of guanidine groups is 1. The third-order valence-electron chi connectivity index (χ3n) is 2.77. The summed E-state index contributed by atoms with van der Waals surface area (Å²) in [6.45, 7) is 4.52. The van der Waals surface area contributed by atoms with E-state index in [4.69, 9.17) is 0 Å². The summed E-state index contributed by atoms with van der Waals surface area (Å²) in [5, 5.41) is 13.6. The number of hydrazine groups is 1. The molecule has 7 nitrogen and oxygen atoms in total. The minimum Gasteiger partial charge on any atom is -0.334 e. The van der Waals surface area contributed by atoms with Crippen LogP contribution in [0.3, 0.4) is 0 Å². The minimum atomic E-state index is -0.491. The minimum absolute atomic E-state index is 0.207. The molecule has 0 saturated heterocycles. The molecule has 0 spiro atoms. The standard InChI is InChI=1S/C9H13N5O2S/c1-9(2)6-11-7(12(9)3)13(14(15)16)8-10-4-5-17-8/h4-5H,6H2,1-3H3. The Balaban J connectivity index is 2.34. The fourth-order valence-electron chi connectivity index (χ4n) is 1.51.